The van der Waals surface area contributed by atoms with E-state index in [2.05, 4.69) is 17.1 Å². The molecule has 5 nitrogen and oxygen atoms in total. The van der Waals surface area contributed by atoms with Crippen molar-refractivity contribution in [1.82, 2.24) is 5.32 Å². The lowest BCUT2D eigenvalue weighted by molar-refractivity contribution is -0.384. The molecular weight excluding hydrogens is 242 g/mol. The van der Waals surface area contributed by atoms with E-state index in [1.807, 2.05) is 13.0 Å². The van der Waals surface area contributed by atoms with Gasteiger partial charge in [-0.3, -0.25) is 10.1 Å². The third-order valence-corrected chi connectivity index (χ3v) is 3.69. The highest BCUT2D eigenvalue weighted by atomic mass is 16.6. The summed E-state index contributed by atoms with van der Waals surface area (Å²) in [6.07, 6.45) is 2.21. The zero-order valence-corrected chi connectivity index (χ0v) is 11.6. The lowest BCUT2D eigenvalue weighted by Gasteiger charge is -2.35. The zero-order chi connectivity index (χ0) is 13.8. The first kappa shape index (κ1) is 13.8. The summed E-state index contributed by atoms with van der Waals surface area (Å²) in [4.78, 5) is 13.1. The van der Waals surface area contributed by atoms with Crippen LogP contribution in [0, 0.1) is 17.0 Å². The number of likely N-dealkylation sites (N-methyl/N-ethyl adjacent to an activating group) is 1. The predicted molar refractivity (Wildman–Crippen MR) is 76.7 cm³/mol. The zero-order valence-electron chi connectivity index (χ0n) is 11.6. The van der Waals surface area contributed by atoms with E-state index in [4.69, 9.17) is 0 Å². The fourth-order valence-corrected chi connectivity index (χ4v) is 2.74. The minimum atomic E-state index is -0.284. The van der Waals surface area contributed by atoms with Crippen LogP contribution in [0.15, 0.2) is 18.2 Å². The smallest absolute Gasteiger partial charge is 0.292 e. The molecule has 0 aliphatic carbocycles. The highest BCUT2D eigenvalue weighted by Crippen LogP contribution is 2.31. The van der Waals surface area contributed by atoms with E-state index in [-0.39, 0.29) is 10.6 Å². The Morgan fingerprint density at radius 1 is 1.53 bits per heavy atom. The molecule has 0 radical (unpaired) electrons. The van der Waals surface area contributed by atoms with Gasteiger partial charge in [0.1, 0.15) is 5.69 Å². The van der Waals surface area contributed by atoms with Gasteiger partial charge in [-0.1, -0.05) is 6.07 Å². The van der Waals surface area contributed by atoms with Crippen molar-refractivity contribution in [1.29, 1.82) is 0 Å². The molecule has 1 aromatic rings. The summed E-state index contributed by atoms with van der Waals surface area (Å²) in [7, 11) is 0. The largest absolute Gasteiger partial charge is 0.362 e. The fraction of sp³-hybridized carbons (Fsp3) is 0.571. The Bertz CT molecular complexity index is 456. The van der Waals surface area contributed by atoms with Crippen LogP contribution in [0.25, 0.3) is 0 Å². The second-order valence-corrected chi connectivity index (χ2v) is 5.04. The Balaban J connectivity index is 2.35. The van der Waals surface area contributed by atoms with Crippen LogP contribution in [0.1, 0.15) is 25.3 Å². The second kappa shape index (κ2) is 6.02. The molecule has 1 saturated heterocycles. The van der Waals surface area contributed by atoms with Gasteiger partial charge < -0.3 is 10.2 Å². The van der Waals surface area contributed by atoms with E-state index in [0.29, 0.717) is 6.04 Å². The number of hydrogen-bond donors (Lipinski definition) is 1. The molecule has 1 aliphatic heterocycles. The number of nitro benzene ring substituents is 1. The van der Waals surface area contributed by atoms with Gasteiger partial charge in [-0.2, -0.15) is 0 Å². The fourth-order valence-electron chi connectivity index (χ4n) is 2.74. The topological polar surface area (TPSA) is 58.4 Å². The summed E-state index contributed by atoms with van der Waals surface area (Å²) in [5.41, 5.74) is 2.02. The number of aryl methyl sites for hydroxylation is 1. The molecule has 1 aliphatic rings. The predicted octanol–water partition coefficient (Wildman–Crippen LogP) is 2.48. The Morgan fingerprint density at radius 2 is 2.32 bits per heavy atom. The monoisotopic (exact) mass is 263 g/mol. The van der Waals surface area contributed by atoms with E-state index in [9.17, 15) is 10.1 Å². The molecule has 0 saturated carbocycles. The number of anilines is 1. The standard InChI is InChI=1S/C14H21N3O2/c1-3-16(12-5-4-8-15-10-12)14-9-11(2)6-7-13(14)17(18)19/h6-7,9,12,15H,3-5,8,10H2,1-2H3. The van der Waals surface area contributed by atoms with Gasteiger partial charge in [-0.25, -0.2) is 0 Å². The molecule has 0 amide bonds. The Kier molecular flexibility index (Phi) is 4.37. The molecule has 5 heteroatoms. The normalized spacial score (nSPS) is 19.2. The first-order chi connectivity index (χ1) is 9.13. The number of hydrogen-bond acceptors (Lipinski definition) is 4. The third kappa shape index (κ3) is 3.04. The molecule has 1 heterocycles. The summed E-state index contributed by atoms with van der Waals surface area (Å²) >= 11 is 0. The minimum absolute atomic E-state index is 0.207. The van der Waals surface area contributed by atoms with Crippen LogP contribution >= 0.6 is 0 Å². The van der Waals surface area contributed by atoms with Crippen LogP contribution < -0.4 is 10.2 Å². The summed E-state index contributed by atoms with van der Waals surface area (Å²) in [6, 6.07) is 5.69. The van der Waals surface area contributed by atoms with Gasteiger partial charge in [0.2, 0.25) is 0 Å². The average molecular weight is 263 g/mol. The van der Waals surface area contributed by atoms with E-state index in [1.54, 1.807) is 12.1 Å². The molecule has 19 heavy (non-hydrogen) atoms. The van der Waals surface area contributed by atoms with Crippen LogP contribution in [0.4, 0.5) is 11.4 Å². The number of piperidine rings is 1. The molecule has 1 unspecified atom stereocenters. The number of rotatable bonds is 4. The van der Waals surface area contributed by atoms with Gasteiger partial charge >= 0.3 is 0 Å². The van der Waals surface area contributed by atoms with Crippen LogP contribution in [-0.4, -0.2) is 30.6 Å². The average Bonchev–Trinajstić information content (AvgIpc) is 2.40. The lowest BCUT2D eigenvalue weighted by atomic mass is 10.0. The summed E-state index contributed by atoms with van der Waals surface area (Å²) < 4.78 is 0. The molecule has 104 valence electrons. The van der Waals surface area contributed by atoms with Crippen LogP contribution in [-0.2, 0) is 0 Å². The van der Waals surface area contributed by atoms with Crippen molar-refractivity contribution in [3.8, 4) is 0 Å². The van der Waals surface area contributed by atoms with Gasteiger partial charge in [0.15, 0.2) is 0 Å². The highest BCUT2D eigenvalue weighted by molar-refractivity contribution is 5.65. The molecule has 1 atom stereocenters. The van der Waals surface area contributed by atoms with Crippen LogP contribution in [0.2, 0.25) is 0 Å². The van der Waals surface area contributed by atoms with E-state index in [1.165, 1.54) is 0 Å². The van der Waals surface area contributed by atoms with Crippen molar-refractivity contribution in [2.75, 3.05) is 24.5 Å². The van der Waals surface area contributed by atoms with Gasteiger partial charge in [0.05, 0.1) is 4.92 Å². The Morgan fingerprint density at radius 3 is 2.89 bits per heavy atom. The van der Waals surface area contributed by atoms with Crippen molar-refractivity contribution in [3.05, 3.63) is 33.9 Å². The van der Waals surface area contributed by atoms with E-state index >= 15 is 0 Å². The number of benzene rings is 1. The Hall–Kier alpha value is -1.62. The van der Waals surface area contributed by atoms with Crippen molar-refractivity contribution in [3.63, 3.8) is 0 Å². The highest BCUT2D eigenvalue weighted by Gasteiger charge is 2.25. The van der Waals surface area contributed by atoms with Crippen molar-refractivity contribution >= 4 is 11.4 Å². The SMILES string of the molecule is CCN(c1cc(C)ccc1[N+](=O)[O-])C1CCCNC1. The third-order valence-electron chi connectivity index (χ3n) is 3.69. The lowest BCUT2D eigenvalue weighted by Crippen LogP contribution is -2.46. The van der Waals surface area contributed by atoms with Crippen molar-refractivity contribution in [2.45, 2.75) is 32.7 Å². The first-order valence-electron chi connectivity index (χ1n) is 6.86. The molecule has 0 bridgehead atoms. The quantitative estimate of drug-likeness (QED) is 0.669. The summed E-state index contributed by atoms with van der Waals surface area (Å²) in [6.45, 7) is 6.76. The maximum atomic E-state index is 11.2. The summed E-state index contributed by atoms with van der Waals surface area (Å²) in [5.74, 6) is 0. The van der Waals surface area contributed by atoms with Gasteiger partial charge in [0, 0.05) is 25.2 Å². The van der Waals surface area contributed by atoms with Crippen LogP contribution in [0.5, 0.6) is 0 Å². The second-order valence-electron chi connectivity index (χ2n) is 5.04. The molecule has 2 rings (SSSR count). The molecule has 1 aromatic carbocycles. The van der Waals surface area contributed by atoms with Crippen molar-refractivity contribution in [2.24, 2.45) is 0 Å². The van der Waals surface area contributed by atoms with Crippen molar-refractivity contribution < 1.29 is 4.92 Å². The summed E-state index contributed by atoms with van der Waals surface area (Å²) in [5, 5.41) is 14.6. The molecule has 0 aromatic heterocycles. The minimum Gasteiger partial charge on any atom is -0.362 e. The maximum absolute atomic E-state index is 11.2. The number of nitrogens with one attached hydrogen (secondary N) is 1. The van der Waals surface area contributed by atoms with Gasteiger partial charge in [-0.15, -0.1) is 0 Å². The van der Waals surface area contributed by atoms with Gasteiger partial charge in [0.25, 0.3) is 5.69 Å². The number of nitrogens with zero attached hydrogens (tertiary/aromatic N) is 2. The van der Waals surface area contributed by atoms with E-state index < -0.39 is 0 Å². The van der Waals surface area contributed by atoms with Gasteiger partial charge in [-0.05, 0) is 44.9 Å². The maximum Gasteiger partial charge on any atom is 0.292 e. The van der Waals surface area contributed by atoms with Crippen LogP contribution in [0.3, 0.4) is 0 Å². The first-order valence-corrected chi connectivity index (χ1v) is 6.86. The number of nitro groups is 1. The molecule has 0 spiro atoms. The van der Waals surface area contributed by atoms with E-state index in [0.717, 1.165) is 43.7 Å². The molecule has 1 N–H and O–H groups in total. The molecule has 1 fully saturated rings. The Labute approximate surface area is 113 Å². The molecular formula is C14H21N3O2.